The quantitative estimate of drug-likeness (QED) is 0.897. The number of benzene rings is 1. The van der Waals surface area contributed by atoms with Gasteiger partial charge < -0.3 is 10.1 Å². The van der Waals surface area contributed by atoms with Gasteiger partial charge in [0, 0.05) is 18.4 Å². The lowest BCUT2D eigenvalue weighted by molar-refractivity contribution is 0.102. The summed E-state index contributed by atoms with van der Waals surface area (Å²) in [6.07, 6.45) is 1.78. The largest absolute Gasteiger partial charge is 0.494 e. The number of aromatic nitrogens is 2. The lowest BCUT2D eigenvalue weighted by atomic mass is 10.3. The summed E-state index contributed by atoms with van der Waals surface area (Å²) in [5.41, 5.74) is 1.13. The summed E-state index contributed by atoms with van der Waals surface area (Å²) < 4.78 is 7.06. The van der Waals surface area contributed by atoms with Crippen LogP contribution in [0.5, 0.6) is 5.75 Å². The molecule has 0 atom stereocenters. The van der Waals surface area contributed by atoms with Crippen molar-refractivity contribution in [3.8, 4) is 5.75 Å². The summed E-state index contributed by atoms with van der Waals surface area (Å²) in [7, 11) is 0. The van der Waals surface area contributed by atoms with Gasteiger partial charge in [0.2, 0.25) is 0 Å². The first-order chi connectivity index (χ1) is 9.22. The van der Waals surface area contributed by atoms with Gasteiger partial charge in [0.25, 0.3) is 5.91 Å². The first-order valence-corrected chi connectivity index (χ1v) is 6.30. The van der Waals surface area contributed by atoms with Gasteiger partial charge in [-0.3, -0.25) is 9.48 Å². The van der Waals surface area contributed by atoms with E-state index in [0.717, 1.165) is 18.0 Å². The molecule has 5 heteroatoms. The molecule has 0 saturated heterocycles. The van der Waals surface area contributed by atoms with Crippen LogP contribution in [0.15, 0.2) is 36.5 Å². The Labute approximate surface area is 112 Å². The molecule has 0 saturated carbocycles. The van der Waals surface area contributed by atoms with Gasteiger partial charge in [0.1, 0.15) is 5.75 Å². The van der Waals surface area contributed by atoms with E-state index >= 15 is 0 Å². The van der Waals surface area contributed by atoms with Crippen molar-refractivity contribution in [3.05, 3.63) is 42.2 Å². The number of amides is 1. The predicted octanol–water partition coefficient (Wildman–Crippen LogP) is 2.55. The second-order valence-electron chi connectivity index (χ2n) is 3.97. The molecular formula is C14H17N3O2. The van der Waals surface area contributed by atoms with Crippen LogP contribution in [0.3, 0.4) is 0 Å². The highest BCUT2D eigenvalue weighted by atomic mass is 16.5. The van der Waals surface area contributed by atoms with Gasteiger partial charge in [-0.25, -0.2) is 0 Å². The standard InChI is InChI=1S/C14H17N3O2/c1-3-17-10-9-13(16-17)14(18)15-11-5-7-12(8-6-11)19-4-2/h5-10H,3-4H2,1-2H3,(H,15,18). The smallest absolute Gasteiger partial charge is 0.276 e. The van der Waals surface area contributed by atoms with E-state index in [1.165, 1.54) is 0 Å². The van der Waals surface area contributed by atoms with Crippen molar-refractivity contribution in [2.75, 3.05) is 11.9 Å². The van der Waals surface area contributed by atoms with Crippen LogP contribution in [0, 0.1) is 0 Å². The average Bonchev–Trinajstić information content (AvgIpc) is 2.90. The van der Waals surface area contributed by atoms with Gasteiger partial charge >= 0.3 is 0 Å². The summed E-state index contributed by atoms with van der Waals surface area (Å²) >= 11 is 0. The van der Waals surface area contributed by atoms with Gasteiger partial charge in [-0.15, -0.1) is 0 Å². The molecule has 0 aliphatic heterocycles. The van der Waals surface area contributed by atoms with Crippen LogP contribution in [0.4, 0.5) is 5.69 Å². The van der Waals surface area contributed by atoms with Gasteiger partial charge in [0.05, 0.1) is 6.61 Å². The van der Waals surface area contributed by atoms with Crippen LogP contribution in [0.2, 0.25) is 0 Å². The van der Waals surface area contributed by atoms with Crippen LogP contribution in [-0.2, 0) is 6.54 Å². The highest BCUT2D eigenvalue weighted by molar-refractivity contribution is 6.02. The van der Waals surface area contributed by atoms with E-state index < -0.39 is 0 Å². The van der Waals surface area contributed by atoms with Crippen molar-refractivity contribution in [2.45, 2.75) is 20.4 Å². The fourth-order valence-electron chi connectivity index (χ4n) is 1.66. The number of nitrogens with one attached hydrogen (secondary N) is 1. The normalized spacial score (nSPS) is 10.2. The summed E-state index contributed by atoms with van der Waals surface area (Å²) in [6, 6.07) is 8.96. The van der Waals surface area contributed by atoms with Gasteiger partial charge in [-0.2, -0.15) is 5.10 Å². The van der Waals surface area contributed by atoms with Crippen molar-refractivity contribution in [2.24, 2.45) is 0 Å². The van der Waals surface area contributed by atoms with Gasteiger partial charge in [0.15, 0.2) is 5.69 Å². The summed E-state index contributed by atoms with van der Waals surface area (Å²) in [5.74, 6) is 0.576. The molecule has 1 aromatic carbocycles. The molecule has 0 fully saturated rings. The third-order valence-electron chi connectivity index (χ3n) is 2.62. The van der Waals surface area contributed by atoms with E-state index in [2.05, 4.69) is 10.4 Å². The molecule has 0 radical (unpaired) electrons. The summed E-state index contributed by atoms with van der Waals surface area (Å²) in [6.45, 7) is 5.28. The van der Waals surface area contributed by atoms with Crippen LogP contribution < -0.4 is 10.1 Å². The topological polar surface area (TPSA) is 56.1 Å². The van der Waals surface area contributed by atoms with E-state index in [1.807, 2.05) is 26.0 Å². The predicted molar refractivity (Wildman–Crippen MR) is 73.5 cm³/mol. The van der Waals surface area contributed by atoms with Crippen LogP contribution >= 0.6 is 0 Å². The maximum Gasteiger partial charge on any atom is 0.276 e. The fourth-order valence-corrected chi connectivity index (χ4v) is 1.66. The second-order valence-corrected chi connectivity index (χ2v) is 3.97. The zero-order chi connectivity index (χ0) is 13.7. The minimum absolute atomic E-state index is 0.212. The number of hydrogen-bond acceptors (Lipinski definition) is 3. The highest BCUT2D eigenvalue weighted by Crippen LogP contribution is 2.16. The minimum atomic E-state index is -0.212. The van der Waals surface area contributed by atoms with Crippen molar-refractivity contribution in [1.29, 1.82) is 0 Å². The Kier molecular flexibility index (Phi) is 4.18. The molecule has 0 spiro atoms. The molecule has 1 amide bonds. The monoisotopic (exact) mass is 259 g/mol. The lowest BCUT2D eigenvalue weighted by Gasteiger charge is -2.05. The van der Waals surface area contributed by atoms with Gasteiger partial charge in [-0.05, 0) is 44.2 Å². The lowest BCUT2D eigenvalue weighted by Crippen LogP contribution is -2.13. The molecule has 1 N–H and O–H groups in total. The van der Waals surface area contributed by atoms with E-state index in [1.54, 1.807) is 29.1 Å². The molecule has 1 heterocycles. The zero-order valence-corrected chi connectivity index (χ0v) is 11.1. The highest BCUT2D eigenvalue weighted by Gasteiger charge is 2.09. The Bertz CT molecular complexity index is 546. The maximum atomic E-state index is 11.9. The molecule has 0 bridgehead atoms. The summed E-state index contributed by atoms with van der Waals surface area (Å²) in [5, 5.41) is 6.95. The number of anilines is 1. The van der Waals surface area contributed by atoms with E-state index in [0.29, 0.717) is 12.3 Å². The van der Waals surface area contributed by atoms with Crippen molar-refractivity contribution in [3.63, 3.8) is 0 Å². The third kappa shape index (κ3) is 3.34. The molecule has 0 aliphatic carbocycles. The second kappa shape index (κ2) is 6.04. The molecular weight excluding hydrogens is 242 g/mol. The van der Waals surface area contributed by atoms with Crippen LogP contribution in [0.1, 0.15) is 24.3 Å². The van der Waals surface area contributed by atoms with Crippen molar-refractivity contribution >= 4 is 11.6 Å². The number of rotatable bonds is 5. The number of nitrogens with zero attached hydrogens (tertiary/aromatic N) is 2. The maximum absolute atomic E-state index is 11.9. The molecule has 5 nitrogen and oxygen atoms in total. The third-order valence-corrected chi connectivity index (χ3v) is 2.62. The SMILES string of the molecule is CCOc1ccc(NC(=O)c2ccn(CC)n2)cc1. The number of carbonyl (C=O) groups is 1. The fraction of sp³-hybridized carbons (Fsp3) is 0.286. The van der Waals surface area contributed by atoms with Crippen LogP contribution in [0.25, 0.3) is 0 Å². The Morgan fingerprint density at radius 3 is 2.58 bits per heavy atom. The molecule has 100 valence electrons. The Morgan fingerprint density at radius 2 is 2.00 bits per heavy atom. The van der Waals surface area contributed by atoms with Crippen molar-refractivity contribution < 1.29 is 9.53 Å². The number of carbonyl (C=O) groups excluding carboxylic acids is 1. The minimum Gasteiger partial charge on any atom is -0.494 e. The first-order valence-electron chi connectivity index (χ1n) is 6.30. The molecule has 2 rings (SSSR count). The Hall–Kier alpha value is -2.30. The molecule has 0 unspecified atom stereocenters. The zero-order valence-electron chi connectivity index (χ0n) is 11.1. The number of aryl methyl sites for hydroxylation is 1. The Morgan fingerprint density at radius 1 is 1.26 bits per heavy atom. The van der Waals surface area contributed by atoms with E-state index in [4.69, 9.17) is 4.74 Å². The van der Waals surface area contributed by atoms with Gasteiger partial charge in [-0.1, -0.05) is 0 Å². The average molecular weight is 259 g/mol. The molecule has 0 aliphatic rings. The van der Waals surface area contributed by atoms with Crippen molar-refractivity contribution in [1.82, 2.24) is 9.78 Å². The molecule has 2 aromatic rings. The van der Waals surface area contributed by atoms with Crippen LogP contribution in [-0.4, -0.2) is 22.3 Å². The van der Waals surface area contributed by atoms with E-state index in [-0.39, 0.29) is 5.91 Å². The summed E-state index contributed by atoms with van der Waals surface area (Å²) in [4.78, 5) is 11.9. The number of ether oxygens (including phenoxy) is 1. The Balaban J connectivity index is 2.01. The van der Waals surface area contributed by atoms with E-state index in [9.17, 15) is 4.79 Å². The first kappa shape index (κ1) is 13.1. The molecule has 19 heavy (non-hydrogen) atoms. The molecule has 1 aromatic heterocycles. The number of hydrogen-bond donors (Lipinski definition) is 1.